The molecule has 1 aliphatic heterocycles. The Morgan fingerprint density at radius 1 is 1.03 bits per heavy atom. The van der Waals surface area contributed by atoms with Crippen molar-refractivity contribution in [2.24, 2.45) is 0 Å². The molecule has 0 radical (unpaired) electrons. The summed E-state index contributed by atoms with van der Waals surface area (Å²) in [5.41, 5.74) is 3.56. The minimum atomic E-state index is -0.526. The van der Waals surface area contributed by atoms with Crippen LogP contribution in [0.3, 0.4) is 0 Å². The third kappa shape index (κ3) is 3.46. The predicted octanol–water partition coefficient (Wildman–Crippen LogP) is 5.00. The van der Waals surface area contributed by atoms with Crippen LogP contribution in [0, 0.1) is 0 Å². The molecule has 0 saturated carbocycles. The Kier molecular flexibility index (Phi) is 5.10. The van der Waals surface area contributed by atoms with Crippen molar-refractivity contribution in [1.29, 1.82) is 0 Å². The maximum absolute atomic E-state index is 13.7. The number of nitrogens with one attached hydrogen (secondary N) is 1. The number of fused-ring (bicyclic) bond motifs is 3. The van der Waals surface area contributed by atoms with E-state index in [4.69, 9.17) is 16.3 Å². The molecule has 0 unspecified atom stereocenters. The van der Waals surface area contributed by atoms with Crippen molar-refractivity contribution in [2.75, 3.05) is 6.61 Å². The van der Waals surface area contributed by atoms with Gasteiger partial charge in [0.2, 0.25) is 0 Å². The van der Waals surface area contributed by atoms with Crippen LogP contribution < -0.4 is 11.2 Å². The molecule has 182 valence electrons. The molecule has 0 fully saturated rings. The number of aromatic nitrogens is 5. The van der Waals surface area contributed by atoms with Crippen molar-refractivity contribution < 1.29 is 4.74 Å². The lowest BCUT2D eigenvalue weighted by atomic mass is 9.98. The van der Waals surface area contributed by atoms with Gasteiger partial charge in [-0.05, 0) is 17.7 Å². The number of thiophene rings is 1. The summed E-state index contributed by atoms with van der Waals surface area (Å²) >= 11 is 8.04. The molecule has 4 aromatic heterocycles. The van der Waals surface area contributed by atoms with Gasteiger partial charge in [-0.1, -0.05) is 48.0 Å². The van der Waals surface area contributed by atoms with E-state index >= 15 is 0 Å². The molecule has 0 saturated heterocycles. The van der Waals surface area contributed by atoms with Crippen molar-refractivity contribution in [1.82, 2.24) is 24.3 Å². The Bertz CT molecular complexity index is 1960. The van der Waals surface area contributed by atoms with Gasteiger partial charge in [-0.15, -0.1) is 11.3 Å². The van der Waals surface area contributed by atoms with Gasteiger partial charge < -0.3 is 9.72 Å². The number of nitrogens with zero attached hydrogens (tertiary/aromatic N) is 4. The molecule has 0 atom stereocenters. The third-order valence-electron chi connectivity index (χ3n) is 6.65. The Morgan fingerprint density at radius 2 is 1.92 bits per heavy atom. The Balaban J connectivity index is 1.45. The topological polar surface area (TPSA) is 94.8 Å². The maximum atomic E-state index is 13.7. The molecule has 2 aromatic carbocycles. The molecule has 0 aliphatic carbocycles. The van der Waals surface area contributed by atoms with Crippen molar-refractivity contribution in [3.63, 3.8) is 0 Å². The highest BCUT2D eigenvalue weighted by Gasteiger charge is 2.23. The van der Waals surface area contributed by atoms with Crippen molar-refractivity contribution in [3.8, 4) is 27.3 Å². The van der Waals surface area contributed by atoms with Gasteiger partial charge in [-0.25, -0.2) is 9.36 Å². The SMILES string of the molecule is O=c1[nH]c2cc(-c3c(Cl)cccc3-c3cnn4c3COCC4)sc2c(=O)n1-c1cncc2ccccc12. The number of aromatic amines is 1. The van der Waals surface area contributed by atoms with E-state index in [0.29, 0.717) is 40.7 Å². The molecule has 0 amide bonds. The lowest BCUT2D eigenvalue weighted by molar-refractivity contribution is 0.0804. The first kappa shape index (κ1) is 22.2. The van der Waals surface area contributed by atoms with Crippen LogP contribution in [0.15, 0.2) is 76.7 Å². The molecular weight excluding hydrogens is 510 g/mol. The van der Waals surface area contributed by atoms with Crippen molar-refractivity contribution in [3.05, 3.63) is 98.7 Å². The van der Waals surface area contributed by atoms with E-state index in [0.717, 1.165) is 42.6 Å². The van der Waals surface area contributed by atoms with Crippen LogP contribution in [-0.2, 0) is 17.9 Å². The standard InChI is InChI=1S/C27H18ClN5O3S/c28-19-7-3-6-17(18-12-30-32-8-9-36-14-22(18)32)24(19)23-10-20-25(37-23)26(34)33(27(35)31-20)21-13-29-11-15-4-1-2-5-16(15)21/h1-7,10-13H,8-9,14H2,(H,31,35). The van der Waals surface area contributed by atoms with Crippen LogP contribution in [-0.4, -0.2) is 30.9 Å². The molecule has 1 N–H and O–H groups in total. The van der Waals surface area contributed by atoms with Crippen molar-refractivity contribution in [2.45, 2.75) is 13.2 Å². The van der Waals surface area contributed by atoms with E-state index < -0.39 is 11.2 Å². The summed E-state index contributed by atoms with van der Waals surface area (Å²) in [6, 6.07) is 15.0. The number of benzene rings is 2. The molecule has 6 aromatic rings. The lowest BCUT2D eigenvalue weighted by Crippen LogP contribution is -2.33. The van der Waals surface area contributed by atoms with Crippen LogP contribution >= 0.6 is 22.9 Å². The van der Waals surface area contributed by atoms with Crippen LogP contribution in [0.5, 0.6) is 0 Å². The first-order chi connectivity index (χ1) is 18.1. The van der Waals surface area contributed by atoms with Gasteiger partial charge in [0.15, 0.2) is 0 Å². The number of hydrogen-bond acceptors (Lipinski definition) is 6. The minimum Gasteiger partial charge on any atom is -0.373 e. The zero-order valence-electron chi connectivity index (χ0n) is 19.3. The van der Waals surface area contributed by atoms with Crippen LogP contribution in [0.2, 0.25) is 5.02 Å². The molecule has 1 aliphatic rings. The summed E-state index contributed by atoms with van der Waals surface area (Å²) in [5, 5.41) is 6.68. The second-order valence-corrected chi connectivity index (χ2v) is 10.2. The largest absolute Gasteiger partial charge is 0.373 e. The fraction of sp³-hybridized carbons (Fsp3) is 0.111. The summed E-state index contributed by atoms with van der Waals surface area (Å²) in [6.07, 6.45) is 5.07. The van der Waals surface area contributed by atoms with E-state index in [1.165, 1.54) is 17.5 Å². The van der Waals surface area contributed by atoms with Crippen LogP contribution in [0.1, 0.15) is 5.69 Å². The monoisotopic (exact) mass is 527 g/mol. The Hall–Kier alpha value is -4.05. The highest BCUT2D eigenvalue weighted by molar-refractivity contribution is 7.22. The highest BCUT2D eigenvalue weighted by Crippen LogP contribution is 2.43. The van der Waals surface area contributed by atoms with E-state index in [-0.39, 0.29) is 0 Å². The summed E-state index contributed by atoms with van der Waals surface area (Å²) in [5.74, 6) is 0. The second kappa shape index (κ2) is 8.52. The second-order valence-electron chi connectivity index (χ2n) is 8.75. The summed E-state index contributed by atoms with van der Waals surface area (Å²) < 4.78 is 9.20. The van der Waals surface area contributed by atoms with E-state index in [9.17, 15) is 9.59 Å². The number of rotatable bonds is 3. The molecule has 7 rings (SSSR count). The number of pyridine rings is 1. The van der Waals surface area contributed by atoms with Gasteiger partial charge in [0.1, 0.15) is 4.70 Å². The summed E-state index contributed by atoms with van der Waals surface area (Å²) in [4.78, 5) is 34.8. The summed E-state index contributed by atoms with van der Waals surface area (Å²) in [6.45, 7) is 1.78. The first-order valence-electron chi connectivity index (χ1n) is 11.6. The average molecular weight is 528 g/mol. The highest BCUT2D eigenvalue weighted by atomic mass is 35.5. The predicted molar refractivity (Wildman–Crippen MR) is 145 cm³/mol. The van der Waals surface area contributed by atoms with Gasteiger partial charge in [-0.3, -0.25) is 14.5 Å². The molecular formula is C27H18ClN5O3S. The molecule has 8 nitrogen and oxygen atoms in total. The smallest absolute Gasteiger partial charge is 0.333 e. The Morgan fingerprint density at radius 3 is 2.84 bits per heavy atom. The fourth-order valence-corrected chi connectivity index (χ4v) is 6.38. The van der Waals surface area contributed by atoms with Crippen LogP contribution in [0.4, 0.5) is 0 Å². The van der Waals surface area contributed by atoms with Gasteiger partial charge >= 0.3 is 5.69 Å². The van der Waals surface area contributed by atoms with Crippen LogP contribution in [0.25, 0.3) is 48.2 Å². The Labute approximate surface area is 218 Å². The number of halogens is 1. The summed E-state index contributed by atoms with van der Waals surface area (Å²) in [7, 11) is 0. The first-order valence-corrected chi connectivity index (χ1v) is 12.8. The average Bonchev–Trinajstić information content (AvgIpc) is 3.53. The maximum Gasteiger partial charge on any atom is 0.333 e. The molecule has 0 spiro atoms. The van der Waals surface area contributed by atoms with Crippen molar-refractivity contribution >= 4 is 43.9 Å². The normalized spacial score (nSPS) is 13.3. The van der Waals surface area contributed by atoms with Gasteiger partial charge in [0.25, 0.3) is 5.56 Å². The van der Waals surface area contributed by atoms with Gasteiger partial charge in [-0.2, -0.15) is 5.10 Å². The number of hydrogen-bond donors (Lipinski definition) is 1. The lowest BCUT2D eigenvalue weighted by Gasteiger charge is -2.17. The zero-order valence-corrected chi connectivity index (χ0v) is 20.8. The van der Waals surface area contributed by atoms with Gasteiger partial charge in [0.05, 0.1) is 49.1 Å². The minimum absolute atomic E-state index is 0.405. The quantitative estimate of drug-likeness (QED) is 0.349. The fourth-order valence-electron chi connectivity index (χ4n) is 4.93. The molecule has 10 heteroatoms. The molecule has 0 bridgehead atoms. The molecule has 5 heterocycles. The van der Waals surface area contributed by atoms with E-state index in [1.807, 2.05) is 59.4 Å². The number of H-pyrrole nitrogens is 1. The zero-order chi connectivity index (χ0) is 25.1. The van der Waals surface area contributed by atoms with Gasteiger partial charge in [0, 0.05) is 38.0 Å². The van der Waals surface area contributed by atoms with E-state index in [1.54, 1.807) is 6.20 Å². The number of ether oxygens (including phenoxy) is 1. The molecule has 37 heavy (non-hydrogen) atoms. The third-order valence-corrected chi connectivity index (χ3v) is 8.10. The van der Waals surface area contributed by atoms with E-state index in [2.05, 4.69) is 15.1 Å².